The van der Waals surface area contributed by atoms with Crippen LogP contribution in [0.2, 0.25) is 0 Å². The van der Waals surface area contributed by atoms with E-state index in [-0.39, 0.29) is 11.9 Å². The van der Waals surface area contributed by atoms with Crippen LogP contribution in [0, 0.1) is 12.7 Å². The molecule has 1 unspecified atom stereocenters. The largest absolute Gasteiger partial charge is 0.496 e. The lowest BCUT2D eigenvalue weighted by Gasteiger charge is -2.08. The van der Waals surface area contributed by atoms with Gasteiger partial charge in [0.2, 0.25) is 0 Å². The Hall–Kier alpha value is -1.09. The zero-order valence-corrected chi connectivity index (χ0v) is 7.63. The van der Waals surface area contributed by atoms with Crippen LogP contribution in [0.5, 0.6) is 5.75 Å². The lowest BCUT2D eigenvalue weighted by Crippen LogP contribution is -1.96. The van der Waals surface area contributed by atoms with Gasteiger partial charge in [0.25, 0.3) is 0 Å². The molecule has 1 saturated heterocycles. The van der Waals surface area contributed by atoms with E-state index in [1.807, 2.05) is 13.0 Å². The van der Waals surface area contributed by atoms with Gasteiger partial charge in [-0.2, -0.15) is 0 Å². The molecule has 0 spiro atoms. The molecule has 1 fully saturated rings. The van der Waals surface area contributed by atoms with E-state index < -0.39 is 0 Å². The number of methoxy groups -OCH3 is 1. The van der Waals surface area contributed by atoms with Crippen LogP contribution in [0.3, 0.4) is 0 Å². The Morgan fingerprint density at radius 3 is 2.77 bits per heavy atom. The molecule has 70 valence electrons. The Balaban J connectivity index is 2.50. The molecule has 2 rings (SSSR count). The van der Waals surface area contributed by atoms with E-state index in [0.29, 0.717) is 17.9 Å². The van der Waals surface area contributed by atoms with Gasteiger partial charge in [0.1, 0.15) is 17.7 Å². The zero-order valence-electron chi connectivity index (χ0n) is 7.63. The van der Waals surface area contributed by atoms with Gasteiger partial charge < -0.3 is 9.47 Å². The second-order valence-corrected chi connectivity index (χ2v) is 3.18. The highest BCUT2D eigenvalue weighted by Gasteiger charge is 2.31. The van der Waals surface area contributed by atoms with Crippen molar-refractivity contribution in [1.29, 1.82) is 0 Å². The summed E-state index contributed by atoms with van der Waals surface area (Å²) in [5.74, 6) is 0.347. The second-order valence-electron chi connectivity index (χ2n) is 3.18. The number of halogens is 1. The fourth-order valence-corrected chi connectivity index (χ4v) is 1.42. The third-order valence-corrected chi connectivity index (χ3v) is 2.11. The molecular formula is C10H11FO2. The number of benzene rings is 1. The van der Waals surface area contributed by atoms with Gasteiger partial charge in [-0.05, 0) is 24.6 Å². The Kier molecular flexibility index (Phi) is 1.96. The maximum absolute atomic E-state index is 13.4. The van der Waals surface area contributed by atoms with Crippen LogP contribution in [0.1, 0.15) is 17.2 Å². The Bertz CT molecular complexity index is 332. The molecule has 0 aliphatic carbocycles. The van der Waals surface area contributed by atoms with Crippen molar-refractivity contribution >= 4 is 0 Å². The molecule has 1 aliphatic rings. The summed E-state index contributed by atoms with van der Waals surface area (Å²) in [5, 5.41) is 0. The van der Waals surface area contributed by atoms with E-state index in [2.05, 4.69) is 0 Å². The van der Waals surface area contributed by atoms with Crippen molar-refractivity contribution < 1.29 is 13.9 Å². The van der Waals surface area contributed by atoms with Crippen LogP contribution in [-0.4, -0.2) is 13.7 Å². The number of hydrogen-bond acceptors (Lipinski definition) is 2. The van der Waals surface area contributed by atoms with Gasteiger partial charge in [-0.15, -0.1) is 0 Å². The Labute approximate surface area is 76.3 Å². The molecule has 1 atom stereocenters. The summed E-state index contributed by atoms with van der Waals surface area (Å²) >= 11 is 0. The van der Waals surface area contributed by atoms with Crippen LogP contribution in [-0.2, 0) is 4.74 Å². The van der Waals surface area contributed by atoms with Crippen molar-refractivity contribution in [2.75, 3.05) is 13.7 Å². The first-order valence-corrected chi connectivity index (χ1v) is 4.18. The summed E-state index contributed by atoms with van der Waals surface area (Å²) < 4.78 is 23.6. The van der Waals surface area contributed by atoms with E-state index >= 15 is 0 Å². The van der Waals surface area contributed by atoms with E-state index in [0.717, 1.165) is 5.56 Å². The summed E-state index contributed by atoms with van der Waals surface area (Å²) in [6, 6.07) is 3.32. The van der Waals surface area contributed by atoms with Crippen molar-refractivity contribution in [2.24, 2.45) is 0 Å². The minimum atomic E-state index is -0.237. The number of epoxide rings is 1. The van der Waals surface area contributed by atoms with E-state index in [1.54, 1.807) is 7.11 Å². The Morgan fingerprint density at radius 1 is 1.54 bits per heavy atom. The van der Waals surface area contributed by atoms with Crippen LogP contribution in [0.4, 0.5) is 4.39 Å². The molecule has 3 heteroatoms. The third-order valence-electron chi connectivity index (χ3n) is 2.11. The average molecular weight is 182 g/mol. The topological polar surface area (TPSA) is 21.8 Å². The van der Waals surface area contributed by atoms with Crippen molar-refractivity contribution in [1.82, 2.24) is 0 Å². The molecule has 0 aromatic heterocycles. The number of aryl methyl sites for hydroxylation is 1. The fourth-order valence-electron chi connectivity index (χ4n) is 1.42. The van der Waals surface area contributed by atoms with Crippen LogP contribution in [0.15, 0.2) is 12.1 Å². The molecule has 1 aromatic rings. The monoisotopic (exact) mass is 182 g/mol. The molecule has 13 heavy (non-hydrogen) atoms. The molecule has 1 heterocycles. The maximum atomic E-state index is 13.4. The molecule has 0 saturated carbocycles. The highest BCUT2D eigenvalue weighted by atomic mass is 19.1. The smallest absolute Gasteiger partial charge is 0.133 e. The lowest BCUT2D eigenvalue weighted by atomic mass is 10.1. The van der Waals surface area contributed by atoms with Crippen LogP contribution >= 0.6 is 0 Å². The molecule has 1 aliphatic heterocycles. The number of rotatable bonds is 2. The fraction of sp³-hybridized carbons (Fsp3) is 0.400. The summed E-state index contributed by atoms with van der Waals surface area (Å²) in [4.78, 5) is 0. The average Bonchev–Trinajstić information content (AvgIpc) is 2.86. The highest BCUT2D eigenvalue weighted by molar-refractivity contribution is 5.41. The minimum Gasteiger partial charge on any atom is -0.496 e. The van der Waals surface area contributed by atoms with Crippen molar-refractivity contribution in [3.05, 3.63) is 29.1 Å². The molecule has 0 amide bonds. The quantitative estimate of drug-likeness (QED) is 0.654. The molecule has 1 aromatic carbocycles. The third kappa shape index (κ3) is 1.52. The van der Waals surface area contributed by atoms with Gasteiger partial charge in [0.05, 0.1) is 19.3 Å². The number of ether oxygens (including phenoxy) is 2. The predicted molar refractivity (Wildman–Crippen MR) is 46.4 cm³/mol. The summed E-state index contributed by atoms with van der Waals surface area (Å²) in [7, 11) is 1.54. The standard InChI is InChI=1S/C10H11FO2/c1-6-3-7(11)10(9-5-13-9)8(4-6)12-2/h3-4,9H,5H2,1-2H3. The van der Waals surface area contributed by atoms with Gasteiger partial charge in [0.15, 0.2) is 0 Å². The maximum Gasteiger partial charge on any atom is 0.133 e. The zero-order chi connectivity index (χ0) is 9.42. The van der Waals surface area contributed by atoms with Gasteiger partial charge in [0, 0.05) is 0 Å². The van der Waals surface area contributed by atoms with E-state index in [9.17, 15) is 4.39 Å². The normalized spacial score (nSPS) is 20.1. The molecule has 2 nitrogen and oxygen atoms in total. The highest BCUT2D eigenvalue weighted by Crippen LogP contribution is 2.38. The van der Waals surface area contributed by atoms with Crippen molar-refractivity contribution in [2.45, 2.75) is 13.0 Å². The van der Waals surface area contributed by atoms with Crippen LogP contribution in [0.25, 0.3) is 0 Å². The summed E-state index contributed by atoms with van der Waals surface area (Å²) in [5.41, 5.74) is 1.41. The van der Waals surface area contributed by atoms with Crippen molar-refractivity contribution in [3.8, 4) is 5.75 Å². The first-order valence-electron chi connectivity index (χ1n) is 4.18. The van der Waals surface area contributed by atoms with Gasteiger partial charge >= 0.3 is 0 Å². The van der Waals surface area contributed by atoms with E-state index in [1.165, 1.54) is 6.07 Å². The molecular weight excluding hydrogens is 171 g/mol. The van der Waals surface area contributed by atoms with Crippen molar-refractivity contribution in [3.63, 3.8) is 0 Å². The predicted octanol–water partition coefficient (Wildman–Crippen LogP) is 2.21. The SMILES string of the molecule is COc1cc(C)cc(F)c1C1CO1. The minimum absolute atomic E-state index is 0.101. The number of hydrogen-bond donors (Lipinski definition) is 0. The first-order chi connectivity index (χ1) is 6.22. The summed E-state index contributed by atoms with van der Waals surface area (Å²) in [6.07, 6.45) is -0.101. The first kappa shape index (κ1) is 8.51. The molecule has 0 radical (unpaired) electrons. The van der Waals surface area contributed by atoms with Crippen LogP contribution < -0.4 is 4.74 Å². The second kappa shape index (κ2) is 3.00. The molecule has 0 N–H and O–H groups in total. The van der Waals surface area contributed by atoms with E-state index in [4.69, 9.17) is 9.47 Å². The summed E-state index contributed by atoms with van der Waals surface area (Å²) in [6.45, 7) is 2.43. The van der Waals surface area contributed by atoms with Gasteiger partial charge in [-0.1, -0.05) is 0 Å². The van der Waals surface area contributed by atoms with Gasteiger partial charge in [-0.3, -0.25) is 0 Å². The lowest BCUT2D eigenvalue weighted by molar-refractivity contribution is 0.374. The Morgan fingerprint density at radius 2 is 2.23 bits per heavy atom. The van der Waals surface area contributed by atoms with Gasteiger partial charge in [-0.25, -0.2) is 4.39 Å². The molecule has 0 bridgehead atoms.